The molecule has 0 aromatic carbocycles. The van der Waals surface area contributed by atoms with Gasteiger partial charge in [0.05, 0.1) is 6.61 Å². The number of nitrogens with two attached hydrogens (primary N) is 1. The molecule has 31 heavy (non-hydrogen) atoms. The molecular weight excluding hydrogens is 512 g/mol. The van der Waals surface area contributed by atoms with Crippen molar-refractivity contribution in [3.05, 3.63) is 22.7 Å². The van der Waals surface area contributed by atoms with Gasteiger partial charge in [0.1, 0.15) is 11.9 Å². The first kappa shape index (κ1) is 28.9. The van der Waals surface area contributed by atoms with Crippen molar-refractivity contribution in [2.24, 2.45) is 0 Å². The molecule has 2 rings (SSSR count). The molecule has 6 unspecified atom stereocenters. The Morgan fingerprint density at radius 2 is 1.84 bits per heavy atom. The molecule has 0 aliphatic carbocycles. The van der Waals surface area contributed by atoms with Gasteiger partial charge in [-0.25, -0.2) is 18.2 Å². The first-order valence-electron chi connectivity index (χ1n) is 7.26. The SMILES string of the molecule is Nc1ccn(C2OC(COP(=O)(O)OP(=O)(O)OP(=O)([O-])O)C(O)C2(F)F)c(=O)n1.[Na+]. The Labute approximate surface area is 192 Å². The third-order valence-corrected chi connectivity index (χ3v) is 7.08. The fraction of sp³-hybridized carbons (Fsp3) is 0.556. The van der Waals surface area contributed by atoms with Crippen LogP contribution in [0.4, 0.5) is 14.6 Å². The molecule has 16 nitrogen and oxygen atoms in total. The fourth-order valence-corrected chi connectivity index (χ4v) is 5.18. The number of phosphoric ester groups is 1. The average molecular weight is 525 g/mol. The zero-order valence-electron chi connectivity index (χ0n) is 15.1. The fourth-order valence-electron chi connectivity index (χ4n) is 2.18. The van der Waals surface area contributed by atoms with E-state index in [-0.39, 0.29) is 39.9 Å². The molecule has 1 fully saturated rings. The van der Waals surface area contributed by atoms with Crippen molar-refractivity contribution in [2.45, 2.75) is 24.4 Å². The predicted molar refractivity (Wildman–Crippen MR) is 85.4 cm³/mol. The number of anilines is 1. The number of aliphatic hydroxyl groups excluding tert-OH is 1. The van der Waals surface area contributed by atoms with Crippen molar-refractivity contribution in [1.82, 2.24) is 9.55 Å². The second-order valence-electron chi connectivity index (χ2n) is 5.55. The maximum atomic E-state index is 14.3. The number of aromatic nitrogens is 2. The van der Waals surface area contributed by atoms with Gasteiger partial charge in [0, 0.05) is 6.20 Å². The summed E-state index contributed by atoms with van der Waals surface area (Å²) < 4.78 is 77.7. The number of rotatable bonds is 8. The molecule has 1 aromatic heterocycles. The Bertz CT molecular complexity index is 1000. The normalized spacial score (nSPS) is 28.7. The van der Waals surface area contributed by atoms with Gasteiger partial charge in [0.15, 0.2) is 6.10 Å². The molecule has 1 aliphatic rings. The van der Waals surface area contributed by atoms with Crippen molar-refractivity contribution in [3.63, 3.8) is 0 Å². The van der Waals surface area contributed by atoms with Crippen LogP contribution in [0.15, 0.2) is 17.1 Å². The maximum Gasteiger partial charge on any atom is 1.00 e. The molecule has 1 saturated heterocycles. The topological polar surface area (TPSA) is 253 Å². The molecule has 2 heterocycles. The summed E-state index contributed by atoms with van der Waals surface area (Å²) in [6, 6.07) is 0.974. The van der Waals surface area contributed by atoms with Crippen molar-refractivity contribution >= 4 is 29.3 Å². The van der Waals surface area contributed by atoms with Crippen LogP contribution in [-0.4, -0.2) is 54.1 Å². The van der Waals surface area contributed by atoms with Crippen LogP contribution in [0.2, 0.25) is 0 Å². The van der Waals surface area contributed by atoms with Crippen LogP contribution < -0.4 is 45.9 Å². The maximum absolute atomic E-state index is 14.3. The Hall–Kier alpha value is -0.130. The molecule has 0 radical (unpaired) electrons. The average Bonchev–Trinajstić information content (AvgIpc) is 2.73. The number of halogens is 2. The summed E-state index contributed by atoms with van der Waals surface area (Å²) in [5.74, 6) is -4.44. The third kappa shape index (κ3) is 7.71. The van der Waals surface area contributed by atoms with E-state index in [1.807, 2.05) is 0 Å². The number of phosphoric acid groups is 3. The van der Waals surface area contributed by atoms with E-state index in [1.165, 1.54) is 0 Å². The van der Waals surface area contributed by atoms with E-state index in [2.05, 4.69) is 18.1 Å². The zero-order valence-corrected chi connectivity index (χ0v) is 19.8. The standard InChI is InChI=1S/C9H14F2N3O13P3.Na/c10-9(11)6(15)4(25-7(9)14-2-1-5(12)13-8(14)16)3-24-29(20,21)27-30(22,23)26-28(17,18)19;/h1-2,4,6-7,15H,3H2,(H,20,21)(H,22,23)(H2,12,13,16)(H2,17,18,19);/q;+1/p-1. The molecule has 0 bridgehead atoms. The van der Waals surface area contributed by atoms with Gasteiger partial charge in [0.2, 0.25) is 6.23 Å². The van der Waals surface area contributed by atoms with Crippen LogP contribution >= 0.6 is 23.5 Å². The quantitative estimate of drug-likeness (QED) is 0.158. The first-order chi connectivity index (χ1) is 13.4. The number of alkyl halides is 2. The molecule has 6 atom stereocenters. The molecule has 0 saturated carbocycles. The van der Waals surface area contributed by atoms with Gasteiger partial charge in [-0.2, -0.15) is 18.1 Å². The van der Waals surface area contributed by atoms with Gasteiger partial charge < -0.3 is 35.2 Å². The second-order valence-corrected chi connectivity index (χ2v) is 9.93. The van der Waals surface area contributed by atoms with Gasteiger partial charge in [-0.05, 0) is 6.07 Å². The summed E-state index contributed by atoms with van der Waals surface area (Å²) >= 11 is 0. The summed E-state index contributed by atoms with van der Waals surface area (Å²) in [5.41, 5.74) is 3.96. The van der Waals surface area contributed by atoms with E-state index in [1.54, 1.807) is 0 Å². The van der Waals surface area contributed by atoms with Crippen molar-refractivity contribution in [2.75, 3.05) is 12.3 Å². The van der Waals surface area contributed by atoms with Gasteiger partial charge in [-0.1, -0.05) is 0 Å². The van der Waals surface area contributed by atoms with Crippen molar-refractivity contribution in [3.8, 4) is 0 Å². The monoisotopic (exact) mass is 525 g/mol. The first-order valence-corrected chi connectivity index (χ1v) is 11.7. The Morgan fingerprint density at radius 1 is 1.26 bits per heavy atom. The van der Waals surface area contributed by atoms with Crippen LogP contribution in [0.3, 0.4) is 0 Å². The van der Waals surface area contributed by atoms with Gasteiger partial charge in [0.25, 0.3) is 7.82 Å². The van der Waals surface area contributed by atoms with E-state index in [4.69, 9.17) is 20.3 Å². The van der Waals surface area contributed by atoms with Crippen LogP contribution in [0.25, 0.3) is 0 Å². The summed E-state index contributed by atoms with van der Waals surface area (Å²) in [5, 5.41) is 9.71. The molecule has 1 aromatic rings. The van der Waals surface area contributed by atoms with Crippen molar-refractivity contribution in [1.29, 1.82) is 0 Å². The summed E-state index contributed by atoms with van der Waals surface area (Å²) in [7, 11) is -17.4. The number of aliphatic hydroxyl groups is 1. The van der Waals surface area contributed by atoms with E-state index in [0.717, 1.165) is 12.3 Å². The largest absolute Gasteiger partial charge is 1.00 e. The number of hydrogen-bond acceptors (Lipinski definition) is 12. The van der Waals surface area contributed by atoms with E-state index in [9.17, 15) is 42.2 Å². The Balaban J connectivity index is 0.00000480. The summed E-state index contributed by atoms with van der Waals surface area (Å²) in [6.07, 6.45) is -6.44. The molecule has 6 N–H and O–H groups in total. The molecule has 172 valence electrons. The van der Waals surface area contributed by atoms with Gasteiger partial charge >= 0.3 is 56.8 Å². The molecule has 0 spiro atoms. The van der Waals surface area contributed by atoms with Crippen molar-refractivity contribution < 1.29 is 94.6 Å². The third-order valence-electron chi connectivity index (χ3n) is 3.30. The van der Waals surface area contributed by atoms with Crippen LogP contribution in [0, 0.1) is 0 Å². The second kappa shape index (κ2) is 10.0. The Morgan fingerprint density at radius 3 is 2.35 bits per heavy atom. The minimum Gasteiger partial charge on any atom is -0.756 e. The van der Waals surface area contributed by atoms with Gasteiger partial charge in [-0.3, -0.25) is 13.7 Å². The number of nitrogen functional groups attached to an aromatic ring is 1. The predicted octanol–water partition coefficient (Wildman–Crippen LogP) is -4.57. The number of hydrogen-bond donors (Lipinski definition) is 5. The number of ether oxygens (including phenoxy) is 1. The molecule has 22 heteroatoms. The minimum atomic E-state index is -5.89. The number of nitrogens with zero attached hydrogens (tertiary/aromatic N) is 2. The smallest absolute Gasteiger partial charge is 0.756 e. The van der Waals surface area contributed by atoms with E-state index < -0.39 is 60.1 Å². The van der Waals surface area contributed by atoms with Crippen LogP contribution in [0.1, 0.15) is 6.23 Å². The zero-order chi connectivity index (χ0) is 23.1. The minimum absolute atomic E-state index is 0. The van der Waals surface area contributed by atoms with E-state index in [0.29, 0.717) is 0 Å². The summed E-state index contributed by atoms with van der Waals surface area (Å²) in [6.45, 7) is -1.37. The molecule has 1 aliphatic heterocycles. The van der Waals surface area contributed by atoms with Crippen LogP contribution in [-0.2, 0) is 31.6 Å². The van der Waals surface area contributed by atoms with Gasteiger partial charge in [-0.15, -0.1) is 0 Å². The molecule has 0 amide bonds. The summed E-state index contributed by atoms with van der Waals surface area (Å²) in [4.78, 5) is 51.9. The Kier molecular flexibility index (Phi) is 9.33. The van der Waals surface area contributed by atoms with Crippen LogP contribution in [0.5, 0.6) is 0 Å². The molecular formula is C9H13F2N3NaO13P3. The van der Waals surface area contributed by atoms with E-state index >= 15 is 0 Å².